The summed E-state index contributed by atoms with van der Waals surface area (Å²) in [6, 6.07) is 9.32. The van der Waals surface area contributed by atoms with E-state index in [2.05, 4.69) is 15.6 Å². The number of aromatic nitrogens is 2. The Labute approximate surface area is 234 Å². The number of allylic oxidation sites excluding steroid dienone is 2. The second-order valence-corrected chi connectivity index (χ2v) is 9.80. The number of amides is 2. The molecular formula is C27H24F2N5O6S+. The van der Waals surface area contributed by atoms with Crippen LogP contribution in [-0.2, 0) is 22.7 Å². The van der Waals surface area contributed by atoms with Crippen LogP contribution in [0, 0.1) is 11.6 Å². The van der Waals surface area contributed by atoms with Crippen molar-refractivity contribution in [2.24, 2.45) is 0 Å². The molecule has 0 saturated heterocycles. The number of carbonyl (C=O) groups is 1. The summed E-state index contributed by atoms with van der Waals surface area (Å²) >= 11 is 1.03. The Balaban J connectivity index is 1.72. The molecule has 0 atom stereocenters. The van der Waals surface area contributed by atoms with E-state index in [4.69, 9.17) is 4.74 Å². The zero-order valence-electron chi connectivity index (χ0n) is 21.7. The maximum atomic E-state index is 14.7. The zero-order valence-corrected chi connectivity index (χ0v) is 22.6. The van der Waals surface area contributed by atoms with Gasteiger partial charge >= 0.3 is 11.7 Å². The van der Waals surface area contributed by atoms with Gasteiger partial charge in [-0.25, -0.2) is 29.2 Å². The third-order valence-corrected chi connectivity index (χ3v) is 7.72. The molecule has 0 saturated carbocycles. The number of halogens is 2. The van der Waals surface area contributed by atoms with E-state index in [1.807, 2.05) is 0 Å². The van der Waals surface area contributed by atoms with Crippen LogP contribution in [0.2, 0.25) is 0 Å². The van der Waals surface area contributed by atoms with Gasteiger partial charge in [-0.3, -0.25) is 14.2 Å². The summed E-state index contributed by atoms with van der Waals surface area (Å²) in [5, 5.41) is 14.5. The lowest BCUT2D eigenvalue weighted by Crippen LogP contribution is -2.80. The van der Waals surface area contributed by atoms with Gasteiger partial charge in [-0.1, -0.05) is 18.2 Å². The number of benzene rings is 2. The molecule has 212 valence electrons. The highest BCUT2D eigenvalue weighted by Gasteiger charge is 2.28. The number of urea groups is 1. The molecule has 5 rings (SSSR count). The van der Waals surface area contributed by atoms with Gasteiger partial charge in [0.2, 0.25) is 5.82 Å². The number of nitrogens with zero attached hydrogens (tertiary/aromatic N) is 2. The summed E-state index contributed by atoms with van der Waals surface area (Å²) in [5.41, 5.74) is 1.51. The number of aliphatic hydroxyl groups is 1. The van der Waals surface area contributed by atoms with Crippen molar-refractivity contribution in [3.63, 3.8) is 0 Å². The fourth-order valence-corrected chi connectivity index (χ4v) is 5.79. The minimum absolute atomic E-state index is 0.0330. The number of carbonyl (C=O) groups excluding carboxylic acids is 1. The van der Waals surface area contributed by atoms with Crippen LogP contribution in [0.4, 0.5) is 19.3 Å². The maximum Gasteiger partial charge on any atom is 0.343 e. The van der Waals surface area contributed by atoms with Crippen molar-refractivity contribution in [2.75, 3.05) is 19.5 Å². The lowest BCUT2D eigenvalue weighted by atomic mass is 10.1. The van der Waals surface area contributed by atoms with Gasteiger partial charge in [0.05, 0.1) is 32.8 Å². The molecule has 0 aliphatic carbocycles. The average Bonchev–Trinajstić information content (AvgIpc) is 3.58. The van der Waals surface area contributed by atoms with Crippen molar-refractivity contribution in [3.05, 3.63) is 104 Å². The largest absolute Gasteiger partial charge is 0.455 e. The van der Waals surface area contributed by atoms with Crippen LogP contribution in [-0.4, -0.2) is 34.5 Å². The SMILES string of the molecule is CONC(=O)Nc1ccc(-c2sc3c(c2CO)c(=O)n(C2=CC=C(OC)[NH2+]2)c(=O)n3Cc2c(F)cccc2F)cc1. The van der Waals surface area contributed by atoms with Crippen LogP contribution in [0.15, 0.2) is 70.1 Å². The molecule has 0 unspecified atom stereocenters. The van der Waals surface area contributed by atoms with Crippen molar-refractivity contribution in [3.8, 4) is 10.4 Å². The van der Waals surface area contributed by atoms with E-state index in [0.29, 0.717) is 22.0 Å². The van der Waals surface area contributed by atoms with Crippen LogP contribution >= 0.6 is 11.3 Å². The summed E-state index contributed by atoms with van der Waals surface area (Å²) in [6.07, 6.45) is 3.08. The first-order chi connectivity index (χ1) is 19.8. The van der Waals surface area contributed by atoms with Crippen LogP contribution in [0.5, 0.6) is 0 Å². The van der Waals surface area contributed by atoms with Gasteiger partial charge < -0.3 is 15.2 Å². The standard InChI is InChI=1S/C27H23F2N5O6S/c1-39-21-11-10-20(31-21)34-24(36)22-17(13-35)23(14-6-8-15(9-7-14)30-26(37)32-40-2)41-25(22)33(27(34)38)12-16-18(28)4-3-5-19(16)29/h3-11,31,35H,12-13H2,1-2H3,(H2,30,32,37)/p+1. The lowest BCUT2D eigenvalue weighted by Gasteiger charge is -2.13. The smallest absolute Gasteiger partial charge is 0.343 e. The first-order valence-electron chi connectivity index (χ1n) is 12.1. The van der Waals surface area contributed by atoms with Gasteiger partial charge in [-0.15, -0.1) is 11.3 Å². The summed E-state index contributed by atoms with van der Waals surface area (Å²) in [7, 11) is 2.73. The van der Waals surface area contributed by atoms with Crippen molar-refractivity contribution in [1.82, 2.24) is 14.6 Å². The number of fused-ring (bicyclic) bond motifs is 1. The normalized spacial score (nSPS) is 12.8. The molecule has 2 aromatic heterocycles. The molecule has 1 aliphatic rings. The van der Waals surface area contributed by atoms with Gasteiger partial charge in [0.25, 0.3) is 11.4 Å². The number of thiophene rings is 1. The van der Waals surface area contributed by atoms with Crippen LogP contribution in [0.25, 0.3) is 26.5 Å². The van der Waals surface area contributed by atoms with Crippen molar-refractivity contribution >= 4 is 39.1 Å². The molecule has 14 heteroatoms. The fourth-order valence-electron chi connectivity index (χ4n) is 4.49. The van der Waals surface area contributed by atoms with E-state index in [0.717, 1.165) is 32.6 Å². The van der Waals surface area contributed by atoms with E-state index in [-0.39, 0.29) is 27.2 Å². The van der Waals surface area contributed by atoms with E-state index in [9.17, 15) is 28.3 Å². The quantitative estimate of drug-likeness (QED) is 0.234. The number of ether oxygens (including phenoxy) is 1. The van der Waals surface area contributed by atoms with E-state index >= 15 is 0 Å². The first-order valence-corrected chi connectivity index (χ1v) is 13.0. The topological polar surface area (TPSA) is 140 Å². The zero-order chi connectivity index (χ0) is 29.3. The Kier molecular flexibility index (Phi) is 7.81. The van der Waals surface area contributed by atoms with Crippen LogP contribution in [0.1, 0.15) is 11.1 Å². The predicted molar refractivity (Wildman–Crippen MR) is 148 cm³/mol. The molecule has 41 heavy (non-hydrogen) atoms. The Morgan fingerprint density at radius 2 is 1.76 bits per heavy atom. The molecule has 2 amide bonds. The Hall–Kier alpha value is -4.63. The van der Waals surface area contributed by atoms with Gasteiger partial charge in [0.1, 0.15) is 16.5 Å². The van der Waals surface area contributed by atoms with Gasteiger partial charge in [0, 0.05) is 33.8 Å². The van der Waals surface area contributed by atoms with E-state index in [1.54, 1.807) is 30.3 Å². The Bertz CT molecular complexity index is 1820. The van der Waals surface area contributed by atoms with E-state index < -0.39 is 42.1 Å². The van der Waals surface area contributed by atoms with Crippen molar-refractivity contribution in [2.45, 2.75) is 13.2 Å². The molecule has 2 aromatic carbocycles. The number of anilines is 1. The van der Waals surface area contributed by atoms with Gasteiger partial charge in [-0.2, -0.15) is 4.57 Å². The highest BCUT2D eigenvalue weighted by atomic mass is 32.1. The summed E-state index contributed by atoms with van der Waals surface area (Å²) < 4.78 is 36.6. The maximum absolute atomic E-state index is 14.7. The molecule has 4 aromatic rings. The highest BCUT2D eigenvalue weighted by molar-refractivity contribution is 7.22. The average molecular weight is 585 g/mol. The molecule has 3 heterocycles. The van der Waals surface area contributed by atoms with Crippen LogP contribution < -0.4 is 27.4 Å². The van der Waals surface area contributed by atoms with E-state index in [1.165, 1.54) is 31.7 Å². The van der Waals surface area contributed by atoms with Crippen molar-refractivity contribution in [1.29, 1.82) is 0 Å². The minimum Gasteiger partial charge on any atom is -0.455 e. The van der Waals surface area contributed by atoms with Gasteiger partial charge in [-0.05, 0) is 29.8 Å². The Morgan fingerprint density at radius 3 is 2.37 bits per heavy atom. The third-order valence-electron chi connectivity index (χ3n) is 6.41. The third kappa shape index (κ3) is 5.16. The molecular weight excluding hydrogens is 560 g/mol. The van der Waals surface area contributed by atoms with Crippen molar-refractivity contribution < 1.29 is 33.6 Å². The molecule has 0 radical (unpaired) electrons. The summed E-state index contributed by atoms with van der Waals surface area (Å²) in [5.74, 6) is -1.10. The number of quaternary nitrogens is 1. The Morgan fingerprint density at radius 1 is 1.05 bits per heavy atom. The number of hydrogen-bond donors (Lipinski definition) is 4. The van der Waals surface area contributed by atoms with Crippen LogP contribution in [0.3, 0.4) is 0 Å². The number of hydroxylamine groups is 1. The van der Waals surface area contributed by atoms with Gasteiger partial charge in [0.15, 0.2) is 0 Å². The predicted octanol–water partition coefficient (Wildman–Crippen LogP) is 2.26. The lowest BCUT2D eigenvalue weighted by molar-refractivity contribution is -0.543. The number of methoxy groups -OCH3 is 1. The molecule has 0 spiro atoms. The molecule has 1 aliphatic heterocycles. The molecule has 0 bridgehead atoms. The highest BCUT2D eigenvalue weighted by Crippen LogP contribution is 2.37. The summed E-state index contributed by atoms with van der Waals surface area (Å²) in [6.45, 7) is -1.06. The number of hydrogen-bond acceptors (Lipinski definition) is 7. The number of nitrogens with one attached hydrogen (secondary N) is 2. The summed E-state index contributed by atoms with van der Waals surface area (Å²) in [4.78, 5) is 44.6. The monoisotopic (exact) mass is 584 g/mol. The molecule has 0 fully saturated rings. The molecule has 5 N–H and O–H groups in total. The minimum atomic E-state index is -0.849. The second kappa shape index (κ2) is 11.5. The number of rotatable bonds is 8. The first kappa shape index (κ1) is 27.9. The number of aliphatic hydroxyl groups excluding tert-OH is 1. The second-order valence-electron chi connectivity index (χ2n) is 8.80. The fraction of sp³-hybridized carbons (Fsp3) is 0.148. The number of nitrogens with two attached hydrogens (primary N) is 1. The molecule has 11 nitrogen and oxygen atoms in total.